The number of urea groups is 1. The smallest absolute Gasteiger partial charge is 0.317 e. The minimum Gasteiger partial charge on any atom is -0.491 e. The maximum Gasteiger partial charge on any atom is 0.317 e. The van der Waals surface area contributed by atoms with Crippen molar-refractivity contribution in [3.8, 4) is 5.75 Å². The van der Waals surface area contributed by atoms with Crippen LogP contribution in [0.15, 0.2) is 48.7 Å². The molecule has 1 atom stereocenters. The van der Waals surface area contributed by atoms with E-state index in [1.54, 1.807) is 18.1 Å². The monoisotopic (exact) mass is 327 g/mol. The summed E-state index contributed by atoms with van der Waals surface area (Å²) < 4.78 is 5.61. The summed E-state index contributed by atoms with van der Waals surface area (Å²) in [7, 11) is 1.77. The van der Waals surface area contributed by atoms with Crippen molar-refractivity contribution in [1.29, 1.82) is 0 Å². The third-order valence-electron chi connectivity index (χ3n) is 3.76. The van der Waals surface area contributed by atoms with Crippen LogP contribution in [0.25, 0.3) is 0 Å². The van der Waals surface area contributed by atoms with E-state index >= 15 is 0 Å². The first-order valence-electron chi connectivity index (χ1n) is 8.14. The van der Waals surface area contributed by atoms with Crippen LogP contribution in [-0.4, -0.2) is 29.1 Å². The normalized spacial score (nSPS) is 11.9. The minimum absolute atomic E-state index is 0.0898. The predicted molar refractivity (Wildman–Crippen MR) is 94.9 cm³/mol. The Morgan fingerprint density at radius 2 is 1.88 bits per heavy atom. The molecule has 0 saturated carbocycles. The van der Waals surface area contributed by atoms with Gasteiger partial charge in [-0.05, 0) is 50.6 Å². The summed E-state index contributed by atoms with van der Waals surface area (Å²) in [6.45, 7) is 6.42. The number of hydrogen-bond donors (Lipinski definition) is 1. The summed E-state index contributed by atoms with van der Waals surface area (Å²) >= 11 is 0. The summed E-state index contributed by atoms with van der Waals surface area (Å²) in [5.74, 6) is 0.834. The Balaban J connectivity index is 1.88. The topological polar surface area (TPSA) is 54.5 Å². The van der Waals surface area contributed by atoms with Gasteiger partial charge in [0.25, 0.3) is 0 Å². The van der Waals surface area contributed by atoms with Crippen molar-refractivity contribution in [1.82, 2.24) is 15.2 Å². The molecule has 1 aromatic heterocycles. The van der Waals surface area contributed by atoms with Gasteiger partial charge in [0.05, 0.1) is 17.8 Å². The van der Waals surface area contributed by atoms with Crippen LogP contribution in [0, 0.1) is 0 Å². The maximum atomic E-state index is 12.3. The Kier molecular flexibility index (Phi) is 6.18. The van der Waals surface area contributed by atoms with Gasteiger partial charge in [-0.2, -0.15) is 0 Å². The van der Waals surface area contributed by atoms with Gasteiger partial charge in [0.2, 0.25) is 0 Å². The fourth-order valence-corrected chi connectivity index (χ4v) is 2.26. The fraction of sp³-hybridized carbons (Fsp3) is 0.368. The number of carbonyl (C=O) groups is 1. The Bertz CT molecular complexity index is 641. The Morgan fingerprint density at radius 1 is 1.17 bits per heavy atom. The number of rotatable bonds is 6. The Morgan fingerprint density at radius 3 is 2.46 bits per heavy atom. The first kappa shape index (κ1) is 17.8. The average Bonchev–Trinajstić information content (AvgIpc) is 2.60. The summed E-state index contributed by atoms with van der Waals surface area (Å²) in [4.78, 5) is 18.3. The second kappa shape index (κ2) is 8.34. The number of amides is 2. The molecule has 5 heteroatoms. The lowest BCUT2D eigenvalue weighted by Gasteiger charge is -2.24. The molecule has 1 heterocycles. The Labute approximate surface area is 143 Å². The van der Waals surface area contributed by atoms with Crippen molar-refractivity contribution < 1.29 is 9.53 Å². The van der Waals surface area contributed by atoms with E-state index < -0.39 is 0 Å². The second-order valence-corrected chi connectivity index (χ2v) is 6.01. The van der Waals surface area contributed by atoms with Crippen LogP contribution in [0.2, 0.25) is 0 Å². The van der Waals surface area contributed by atoms with E-state index in [-0.39, 0.29) is 18.2 Å². The quantitative estimate of drug-likeness (QED) is 0.878. The van der Waals surface area contributed by atoms with Crippen LogP contribution >= 0.6 is 0 Å². The summed E-state index contributed by atoms with van der Waals surface area (Å²) in [6, 6.07) is 13.2. The van der Waals surface area contributed by atoms with Crippen LogP contribution in [0.3, 0.4) is 0 Å². The number of benzene rings is 1. The largest absolute Gasteiger partial charge is 0.491 e. The summed E-state index contributed by atoms with van der Waals surface area (Å²) in [5.41, 5.74) is 1.89. The van der Waals surface area contributed by atoms with Crippen LogP contribution in [0.5, 0.6) is 5.75 Å². The molecular weight excluding hydrogens is 302 g/mol. The summed E-state index contributed by atoms with van der Waals surface area (Å²) in [5, 5.41) is 2.93. The highest BCUT2D eigenvalue weighted by atomic mass is 16.5. The highest BCUT2D eigenvalue weighted by molar-refractivity contribution is 5.74. The van der Waals surface area contributed by atoms with Gasteiger partial charge in [-0.1, -0.05) is 18.2 Å². The first-order chi connectivity index (χ1) is 11.5. The molecule has 0 saturated heterocycles. The van der Waals surface area contributed by atoms with Crippen LogP contribution in [0.4, 0.5) is 4.79 Å². The zero-order valence-electron chi connectivity index (χ0n) is 14.7. The third kappa shape index (κ3) is 4.98. The van der Waals surface area contributed by atoms with Crippen molar-refractivity contribution in [2.24, 2.45) is 0 Å². The fourth-order valence-electron chi connectivity index (χ4n) is 2.26. The molecule has 2 amide bonds. The number of nitrogens with one attached hydrogen (secondary N) is 1. The molecule has 0 aliphatic carbocycles. The van der Waals surface area contributed by atoms with E-state index in [2.05, 4.69) is 10.3 Å². The van der Waals surface area contributed by atoms with Gasteiger partial charge in [0.1, 0.15) is 5.75 Å². The van der Waals surface area contributed by atoms with Gasteiger partial charge in [-0.25, -0.2) is 4.79 Å². The zero-order valence-corrected chi connectivity index (χ0v) is 14.7. The van der Waals surface area contributed by atoms with Crippen molar-refractivity contribution >= 4 is 6.03 Å². The molecule has 5 nitrogen and oxygen atoms in total. The van der Waals surface area contributed by atoms with Crippen LogP contribution < -0.4 is 10.1 Å². The van der Waals surface area contributed by atoms with Gasteiger partial charge in [-0.15, -0.1) is 0 Å². The van der Waals surface area contributed by atoms with Gasteiger partial charge >= 0.3 is 6.03 Å². The molecule has 0 radical (unpaired) electrons. The molecule has 1 N–H and O–H groups in total. The van der Waals surface area contributed by atoms with E-state index in [0.29, 0.717) is 6.54 Å². The molecule has 1 aromatic carbocycles. The van der Waals surface area contributed by atoms with E-state index in [9.17, 15) is 4.79 Å². The van der Waals surface area contributed by atoms with E-state index in [1.165, 1.54) is 0 Å². The number of nitrogens with zero attached hydrogens (tertiary/aromatic N) is 2. The number of carbonyl (C=O) groups excluding carboxylic acids is 1. The molecule has 0 bridgehead atoms. The Hall–Kier alpha value is -2.56. The molecule has 128 valence electrons. The lowest BCUT2D eigenvalue weighted by Crippen LogP contribution is -2.38. The van der Waals surface area contributed by atoms with Gasteiger partial charge in [-0.3, -0.25) is 4.98 Å². The molecular formula is C19H25N3O2. The van der Waals surface area contributed by atoms with Crippen molar-refractivity contribution in [3.05, 3.63) is 59.9 Å². The van der Waals surface area contributed by atoms with E-state index in [1.807, 2.05) is 63.2 Å². The molecule has 2 rings (SSSR count). The standard InChI is InChI=1S/C19H25N3O2/c1-14(2)24-17-10-8-16(9-11-17)13-21-19(23)22(4)15(3)18-7-5-6-12-20-18/h5-12,14-15H,13H2,1-4H3,(H,21,23). The lowest BCUT2D eigenvalue weighted by atomic mass is 10.2. The molecule has 0 spiro atoms. The molecule has 0 aliphatic heterocycles. The number of ether oxygens (including phenoxy) is 1. The summed E-state index contributed by atoms with van der Waals surface area (Å²) in [6.07, 6.45) is 1.88. The molecule has 0 fully saturated rings. The molecule has 2 aromatic rings. The van der Waals surface area contributed by atoms with Crippen molar-refractivity contribution in [2.45, 2.75) is 39.5 Å². The van der Waals surface area contributed by atoms with Gasteiger partial charge in [0, 0.05) is 19.8 Å². The SMILES string of the molecule is CC(C)Oc1ccc(CNC(=O)N(C)C(C)c2ccccn2)cc1. The van der Waals surface area contributed by atoms with Gasteiger partial charge < -0.3 is 15.0 Å². The highest BCUT2D eigenvalue weighted by Gasteiger charge is 2.17. The number of pyridine rings is 1. The third-order valence-corrected chi connectivity index (χ3v) is 3.76. The first-order valence-corrected chi connectivity index (χ1v) is 8.14. The zero-order chi connectivity index (χ0) is 17.5. The highest BCUT2D eigenvalue weighted by Crippen LogP contribution is 2.16. The average molecular weight is 327 g/mol. The van der Waals surface area contributed by atoms with Gasteiger partial charge in [0.15, 0.2) is 0 Å². The van der Waals surface area contributed by atoms with Crippen LogP contribution in [0.1, 0.15) is 38.1 Å². The molecule has 1 unspecified atom stereocenters. The van der Waals surface area contributed by atoms with E-state index in [4.69, 9.17) is 4.74 Å². The molecule has 24 heavy (non-hydrogen) atoms. The molecule has 0 aliphatic rings. The number of aromatic nitrogens is 1. The van der Waals surface area contributed by atoms with E-state index in [0.717, 1.165) is 17.0 Å². The second-order valence-electron chi connectivity index (χ2n) is 6.01. The maximum absolute atomic E-state index is 12.3. The minimum atomic E-state index is -0.129. The number of hydrogen-bond acceptors (Lipinski definition) is 3. The van der Waals surface area contributed by atoms with Crippen molar-refractivity contribution in [3.63, 3.8) is 0 Å². The van der Waals surface area contributed by atoms with Crippen molar-refractivity contribution in [2.75, 3.05) is 7.05 Å². The predicted octanol–water partition coefficient (Wildman–Crippen LogP) is 3.77. The van der Waals surface area contributed by atoms with Crippen LogP contribution in [-0.2, 0) is 6.54 Å². The lowest BCUT2D eigenvalue weighted by molar-refractivity contribution is 0.193.